The Morgan fingerprint density at radius 3 is 2.26 bits per heavy atom. The molecule has 0 spiro atoms. The van der Waals surface area contributed by atoms with E-state index in [1.807, 2.05) is 24.3 Å². The number of carbonyl (C=O) groups is 2. The molecule has 0 aromatic heterocycles. The Morgan fingerprint density at radius 2 is 1.56 bits per heavy atom. The van der Waals surface area contributed by atoms with Crippen molar-refractivity contribution < 1.29 is 27.7 Å². The van der Waals surface area contributed by atoms with Crippen molar-refractivity contribution in [1.29, 1.82) is 0 Å². The van der Waals surface area contributed by atoms with Crippen LogP contribution in [0.2, 0.25) is 0 Å². The van der Waals surface area contributed by atoms with Crippen LogP contribution in [0, 0.1) is 10.1 Å². The lowest BCUT2D eigenvalue weighted by Gasteiger charge is -2.33. The Labute approximate surface area is 195 Å². The minimum absolute atomic E-state index is 0.0962. The number of para-hydroxylation sites is 1. The molecule has 0 atom stereocenters. The predicted octanol–water partition coefficient (Wildman–Crippen LogP) is 2.44. The largest absolute Gasteiger partial charge is 0.452 e. The van der Waals surface area contributed by atoms with Crippen molar-refractivity contribution in [2.45, 2.75) is 4.90 Å². The van der Waals surface area contributed by atoms with Crippen LogP contribution >= 0.6 is 0 Å². The topological polar surface area (TPSA) is 127 Å². The number of rotatable bonds is 6. The summed E-state index contributed by atoms with van der Waals surface area (Å²) in [6, 6.07) is 17.7. The molecule has 0 aliphatic carbocycles. The van der Waals surface area contributed by atoms with Gasteiger partial charge in [0.05, 0.1) is 9.82 Å². The van der Waals surface area contributed by atoms with E-state index in [0.29, 0.717) is 0 Å². The van der Waals surface area contributed by atoms with Gasteiger partial charge in [-0.05, 0) is 29.0 Å². The Kier molecular flexibility index (Phi) is 6.57. The lowest BCUT2D eigenvalue weighted by molar-refractivity contribution is -0.385. The fourth-order valence-electron chi connectivity index (χ4n) is 3.76. The van der Waals surface area contributed by atoms with E-state index in [1.165, 1.54) is 33.5 Å². The molecular formula is C23H21N3O7S. The zero-order chi connectivity index (χ0) is 24.3. The summed E-state index contributed by atoms with van der Waals surface area (Å²) >= 11 is 0. The predicted molar refractivity (Wildman–Crippen MR) is 123 cm³/mol. The van der Waals surface area contributed by atoms with Gasteiger partial charge < -0.3 is 9.64 Å². The number of sulfonamides is 1. The van der Waals surface area contributed by atoms with E-state index in [2.05, 4.69) is 0 Å². The maximum Gasteiger partial charge on any atom is 0.345 e. The van der Waals surface area contributed by atoms with E-state index in [1.54, 1.807) is 18.2 Å². The molecule has 0 unspecified atom stereocenters. The van der Waals surface area contributed by atoms with Crippen molar-refractivity contribution >= 4 is 38.4 Å². The Hall–Kier alpha value is -3.83. The molecule has 0 bridgehead atoms. The van der Waals surface area contributed by atoms with Gasteiger partial charge in [-0.3, -0.25) is 14.9 Å². The Morgan fingerprint density at radius 1 is 0.912 bits per heavy atom. The minimum atomic E-state index is -3.73. The van der Waals surface area contributed by atoms with Gasteiger partial charge in [-0.25, -0.2) is 13.2 Å². The molecule has 4 rings (SSSR count). The molecule has 1 fully saturated rings. The number of hydrogen-bond acceptors (Lipinski definition) is 7. The number of nitro benzene ring substituents is 1. The molecule has 0 radical (unpaired) electrons. The van der Waals surface area contributed by atoms with E-state index < -0.39 is 39.1 Å². The second kappa shape index (κ2) is 9.57. The molecule has 1 aliphatic rings. The first-order chi connectivity index (χ1) is 16.3. The number of hydrogen-bond donors (Lipinski definition) is 0. The number of amides is 1. The molecule has 176 valence electrons. The number of carbonyl (C=O) groups excluding carboxylic acids is 2. The number of nitrogens with zero attached hydrogens (tertiary/aromatic N) is 3. The van der Waals surface area contributed by atoms with Gasteiger partial charge in [-0.15, -0.1) is 0 Å². The Bertz CT molecular complexity index is 1370. The van der Waals surface area contributed by atoms with Crippen molar-refractivity contribution in [1.82, 2.24) is 9.21 Å². The van der Waals surface area contributed by atoms with E-state index in [-0.39, 0.29) is 36.6 Å². The smallest absolute Gasteiger partial charge is 0.345 e. The molecule has 1 saturated heterocycles. The molecule has 34 heavy (non-hydrogen) atoms. The van der Waals surface area contributed by atoms with Crippen LogP contribution in [0.4, 0.5) is 5.69 Å². The van der Waals surface area contributed by atoms with Gasteiger partial charge in [-0.1, -0.05) is 42.5 Å². The third-order valence-electron chi connectivity index (χ3n) is 5.60. The number of benzene rings is 3. The van der Waals surface area contributed by atoms with Crippen LogP contribution in [0.3, 0.4) is 0 Å². The maximum atomic E-state index is 13.1. The molecule has 1 aliphatic heterocycles. The van der Waals surface area contributed by atoms with E-state index in [4.69, 9.17) is 4.74 Å². The molecule has 1 heterocycles. The molecule has 3 aromatic rings. The fraction of sp³-hybridized carbons (Fsp3) is 0.217. The highest BCUT2D eigenvalue weighted by Crippen LogP contribution is 2.23. The molecule has 0 saturated carbocycles. The average molecular weight is 484 g/mol. The van der Waals surface area contributed by atoms with Gasteiger partial charge >= 0.3 is 5.97 Å². The number of esters is 1. The van der Waals surface area contributed by atoms with Gasteiger partial charge in [-0.2, -0.15) is 4.31 Å². The van der Waals surface area contributed by atoms with Crippen molar-refractivity contribution in [3.8, 4) is 0 Å². The quantitative estimate of drug-likeness (QED) is 0.299. The normalized spacial score (nSPS) is 14.6. The fourth-order valence-corrected chi connectivity index (χ4v) is 5.21. The van der Waals surface area contributed by atoms with Gasteiger partial charge in [0.15, 0.2) is 6.61 Å². The highest BCUT2D eigenvalue weighted by molar-refractivity contribution is 7.89. The molecule has 0 N–H and O–H groups in total. The third-order valence-corrected chi connectivity index (χ3v) is 7.49. The van der Waals surface area contributed by atoms with Crippen LogP contribution in [0.15, 0.2) is 71.6 Å². The van der Waals surface area contributed by atoms with E-state index in [0.717, 1.165) is 10.8 Å². The van der Waals surface area contributed by atoms with E-state index in [9.17, 15) is 28.1 Å². The first-order valence-corrected chi connectivity index (χ1v) is 11.9. The summed E-state index contributed by atoms with van der Waals surface area (Å²) in [5.41, 5.74) is -0.654. The average Bonchev–Trinajstić information content (AvgIpc) is 2.86. The summed E-state index contributed by atoms with van der Waals surface area (Å²) in [6.07, 6.45) is 0. The number of piperazine rings is 1. The lowest BCUT2D eigenvalue weighted by atomic mass is 10.1. The Balaban J connectivity index is 1.35. The summed E-state index contributed by atoms with van der Waals surface area (Å²) in [6.45, 7) is -0.135. The van der Waals surface area contributed by atoms with Crippen LogP contribution in [-0.4, -0.2) is 67.2 Å². The zero-order valence-corrected chi connectivity index (χ0v) is 18.8. The second-order valence-electron chi connectivity index (χ2n) is 7.64. The summed E-state index contributed by atoms with van der Waals surface area (Å²) in [7, 11) is -3.73. The first kappa shape index (κ1) is 23.3. The van der Waals surface area contributed by atoms with Gasteiger partial charge in [0.1, 0.15) is 5.56 Å². The summed E-state index contributed by atoms with van der Waals surface area (Å²) < 4.78 is 32.4. The number of nitro groups is 1. The van der Waals surface area contributed by atoms with Crippen LogP contribution < -0.4 is 0 Å². The van der Waals surface area contributed by atoms with Crippen molar-refractivity contribution in [2.75, 3.05) is 32.8 Å². The number of fused-ring (bicyclic) bond motifs is 1. The molecular weight excluding hydrogens is 462 g/mol. The van der Waals surface area contributed by atoms with Gasteiger partial charge in [0, 0.05) is 32.2 Å². The maximum absolute atomic E-state index is 13.1. The minimum Gasteiger partial charge on any atom is -0.452 e. The highest BCUT2D eigenvalue weighted by atomic mass is 32.2. The van der Waals surface area contributed by atoms with Crippen molar-refractivity contribution in [2.24, 2.45) is 0 Å². The van der Waals surface area contributed by atoms with Gasteiger partial charge in [0.25, 0.3) is 11.6 Å². The molecule has 1 amide bonds. The second-order valence-corrected chi connectivity index (χ2v) is 9.58. The van der Waals surface area contributed by atoms with Crippen LogP contribution in [0.1, 0.15) is 10.4 Å². The van der Waals surface area contributed by atoms with Crippen molar-refractivity contribution in [3.05, 3.63) is 82.4 Å². The summed E-state index contributed by atoms with van der Waals surface area (Å²) in [4.78, 5) is 36.6. The summed E-state index contributed by atoms with van der Waals surface area (Å²) in [5, 5.41) is 12.8. The lowest BCUT2D eigenvalue weighted by Crippen LogP contribution is -2.51. The molecule has 11 heteroatoms. The highest BCUT2D eigenvalue weighted by Gasteiger charge is 2.31. The summed E-state index contributed by atoms with van der Waals surface area (Å²) in [5.74, 6) is -1.48. The number of ether oxygens (including phenoxy) is 1. The molecule has 10 nitrogen and oxygen atoms in total. The molecule has 3 aromatic carbocycles. The van der Waals surface area contributed by atoms with Crippen LogP contribution in [-0.2, 0) is 19.6 Å². The van der Waals surface area contributed by atoms with E-state index >= 15 is 0 Å². The third kappa shape index (κ3) is 4.75. The zero-order valence-electron chi connectivity index (χ0n) is 18.0. The SMILES string of the molecule is O=C(OCC(=O)N1CCN(S(=O)(=O)c2ccc3ccccc3c2)CC1)c1ccccc1[N+](=O)[O-]. The van der Waals surface area contributed by atoms with Crippen LogP contribution in [0.5, 0.6) is 0 Å². The van der Waals surface area contributed by atoms with Gasteiger partial charge in [0.2, 0.25) is 10.0 Å². The standard InChI is InChI=1S/C23H21N3O7S/c27-22(16-33-23(28)20-7-3-4-8-21(20)26(29)30)24-11-13-25(14-12-24)34(31,32)19-10-9-17-5-1-2-6-18(17)15-19/h1-10,15H,11-14,16H2. The monoisotopic (exact) mass is 483 g/mol. The van der Waals surface area contributed by atoms with Crippen LogP contribution in [0.25, 0.3) is 10.8 Å². The first-order valence-electron chi connectivity index (χ1n) is 10.4. The van der Waals surface area contributed by atoms with Crippen molar-refractivity contribution in [3.63, 3.8) is 0 Å².